The van der Waals surface area contributed by atoms with Gasteiger partial charge in [-0.1, -0.05) is 42.1 Å². The zero-order chi connectivity index (χ0) is 23.0. The monoisotopic (exact) mass is 466 g/mol. The normalized spacial score (nSPS) is 15.5. The van der Waals surface area contributed by atoms with E-state index in [1.165, 1.54) is 17.3 Å². The molecule has 0 aliphatic carbocycles. The molecule has 1 aliphatic heterocycles. The number of benzene rings is 1. The third kappa shape index (κ3) is 5.98. The molecule has 4 rings (SSSR count). The van der Waals surface area contributed by atoms with Crippen molar-refractivity contribution in [2.45, 2.75) is 30.4 Å². The van der Waals surface area contributed by atoms with Crippen molar-refractivity contribution in [1.82, 2.24) is 29.5 Å². The zero-order valence-electron chi connectivity index (χ0n) is 19.1. The first-order valence-corrected chi connectivity index (χ1v) is 12.1. The number of hydrogen-bond acceptors (Lipinski definition) is 7. The molecule has 2 aromatic heterocycles. The Morgan fingerprint density at radius 3 is 2.48 bits per heavy atom. The van der Waals surface area contributed by atoms with E-state index in [1.807, 2.05) is 34.6 Å². The zero-order valence-corrected chi connectivity index (χ0v) is 19.9. The standard InChI is InChI=1S/C24H30N6O2S/c1-19(23(31)29-14-12-28(13-15-29)18-20-6-4-3-5-7-20)33-24-27-26-22(30(24)16-17-32-2)21-8-10-25-11-9-21/h3-11,19H,12-18H2,1-2H3. The van der Waals surface area contributed by atoms with Gasteiger partial charge in [-0.15, -0.1) is 10.2 Å². The van der Waals surface area contributed by atoms with E-state index in [2.05, 4.69) is 44.3 Å². The fourth-order valence-corrected chi connectivity index (χ4v) is 4.87. The largest absolute Gasteiger partial charge is 0.383 e. The van der Waals surface area contributed by atoms with Gasteiger partial charge in [0.15, 0.2) is 11.0 Å². The van der Waals surface area contributed by atoms with Crippen LogP contribution in [0.5, 0.6) is 0 Å². The van der Waals surface area contributed by atoms with Crippen LogP contribution in [0.1, 0.15) is 12.5 Å². The summed E-state index contributed by atoms with van der Waals surface area (Å²) in [6.45, 7) is 7.28. The van der Waals surface area contributed by atoms with Crippen molar-refractivity contribution in [3.63, 3.8) is 0 Å². The summed E-state index contributed by atoms with van der Waals surface area (Å²) in [5.41, 5.74) is 2.25. The average molecular weight is 467 g/mol. The van der Waals surface area contributed by atoms with Crippen LogP contribution in [0.25, 0.3) is 11.4 Å². The van der Waals surface area contributed by atoms with Gasteiger partial charge in [-0.3, -0.25) is 19.2 Å². The number of thioether (sulfide) groups is 1. The lowest BCUT2D eigenvalue weighted by atomic mass is 10.2. The quantitative estimate of drug-likeness (QED) is 0.449. The molecule has 3 aromatic rings. The van der Waals surface area contributed by atoms with E-state index in [0.29, 0.717) is 13.2 Å². The molecule has 0 bridgehead atoms. The van der Waals surface area contributed by atoms with E-state index >= 15 is 0 Å². The molecule has 0 saturated carbocycles. The molecule has 174 valence electrons. The van der Waals surface area contributed by atoms with Crippen LogP contribution in [0.2, 0.25) is 0 Å². The predicted molar refractivity (Wildman–Crippen MR) is 129 cm³/mol. The maximum Gasteiger partial charge on any atom is 0.235 e. The Bertz CT molecular complexity index is 1020. The number of carbonyl (C=O) groups is 1. The highest BCUT2D eigenvalue weighted by atomic mass is 32.2. The van der Waals surface area contributed by atoms with E-state index in [9.17, 15) is 4.79 Å². The first kappa shape index (κ1) is 23.4. The second-order valence-electron chi connectivity index (χ2n) is 8.03. The van der Waals surface area contributed by atoms with Crippen molar-refractivity contribution < 1.29 is 9.53 Å². The highest BCUT2D eigenvalue weighted by Gasteiger charge is 2.27. The summed E-state index contributed by atoms with van der Waals surface area (Å²) >= 11 is 1.45. The van der Waals surface area contributed by atoms with Crippen LogP contribution in [-0.2, 0) is 22.6 Å². The van der Waals surface area contributed by atoms with Crippen LogP contribution in [0.15, 0.2) is 60.0 Å². The minimum Gasteiger partial charge on any atom is -0.383 e. The lowest BCUT2D eigenvalue weighted by Crippen LogP contribution is -2.50. The van der Waals surface area contributed by atoms with Crippen molar-refractivity contribution in [2.24, 2.45) is 0 Å². The van der Waals surface area contributed by atoms with Gasteiger partial charge in [0, 0.05) is 57.8 Å². The summed E-state index contributed by atoms with van der Waals surface area (Å²) in [6, 6.07) is 14.3. The Morgan fingerprint density at radius 2 is 1.79 bits per heavy atom. The number of piperazine rings is 1. The van der Waals surface area contributed by atoms with Gasteiger partial charge in [0.1, 0.15) is 0 Å². The molecule has 0 radical (unpaired) electrons. The summed E-state index contributed by atoms with van der Waals surface area (Å²) < 4.78 is 7.30. The maximum atomic E-state index is 13.2. The minimum atomic E-state index is -0.249. The number of methoxy groups -OCH3 is 1. The van der Waals surface area contributed by atoms with Gasteiger partial charge in [-0.25, -0.2) is 0 Å². The van der Waals surface area contributed by atoms with Crippen molar-refractivity contribution in [3.8, 4) is 11.4 Å². The molecule has 1 saturated heterocycles. The molecular formula is C24H30N6O2S. The van der Waals surface area contributed by atoms with Crippen LogP contribution in [0, 0.1) is 0 Å². The van der Waals surface area contributed by atoms with Gasteiger partial charge in [0.2, 0.25) is 5.91 Å². The number of nitrogens with zero attached hydrogens (tertiary/aromatic N) is 6. The molecule has 1 atom stereocenters. The molecule has 3 heterocycles. The molecule has 8 nitrogen and oxygen atoms in total. The summed E-state index contributed by atoms with van der Waals surface area (Å²) in [4.78, 5) is 21.6. The molecule has 9 heteroatoms. The first-order valence-electron chi connectivity index (χ1n) is 11.2. The van der Waals surface area contributed by atoms with Crippen molar-refractivity contribution in [2.75, 3.05) is 39.9 Å². The number of pyridine rings is 1. The molecule has 0 spiro atoms. The number of rotatable bonds is 9. The third-order valence-corrected chi connectivity index (χ3v) is 6.81. The summed E-state index contributed by atoms with van der Waals surface area (Å²) in [7, 11) is 1.67. The van der Waals surface area contributed by atoms with Gasteiger partial charge < -0.3 is 9.64 Å². The highest BCUT2D eigenvalue weighted by molar-refractivity contribution is 8.00. The minimum absolute atomic E-state index is 0.145. The Kier molecular flexibility index (Phi) is 8.09. The van der Waals surface area contributed by atoms with Crippen molar-refractivity contribution >= 4 is 17.7 Å². The summed E-state index contributed by atoms with van der Waals surface area (Å²) in [5, 5.41) is 9.26. The van der Waals surface area contributed by atoms with Crippen molar-refractivity contribution in [1.29, 1.82) is 0 Å². The molecule has 1 amide bonds. The van der Waals surface area contributed by atoms with Crippen LogP contribution < -0.4 is 0 Å². The second-order valence-corrected chi connectivity index (χ2v) is 9.34. The Balaban J connectivity index is 1.37. The van der Waals surface area contributed by atoms with E-state index < -0.39 is 0 Å². The number of carbonyl (C=O) groups excluding carboxylic acids is 1. The van der Waals surface area contributed by atoms with Crippen LogP contribution in [-0.4, -0.2) is 80.6 Å². The fourth-order valence-electron chi connectivity index (χ4n) is 3.91. The maximum absolute atomic E-state index is 13.2. The predicted octanol–water partition coefficient (Wildman–Crippen LogP) is 2.81. The van der Waals surface area contributed by atoms with Gasteiger partial charge >= 0.3 is 0 Å². The Labute approximate surface area is 199 Å². The molecule has 33 heavy (non-hydrogen) atoms. The lowest BCUT2D eigenvalue weighted by Gasteiger charge is -2.35. The molecular weight excluding hydrogens is 436 g/mol. The van der Waals surface area contributed by atoms with Gasteiger partial charge in [0.05, 0.1) is 18.4 Å². The van der Waals surface area contributed by atoms with E-state index in [4.69, 9.17) is 4.74 Å². The number of amides is 1. The molecule has 1 fully saturated rings. The Morgan fingerprint density at radius 1 is 1.06 bits per heavy atom. The molecule has 1 aromatic carbocycles. The number of hydrogen-bond donors (Lipinski definition) is 0. The SMILES string of the molecule is COCCn1c(SC(C)C(=O)N2CCN(Cc3ccccc3)CC2)nnc1-c1ccncc1. The third-order valence-electron chi connectivity index (χ3n) is 5.74. The Hall–Kier alpha value is -2.75. The van der Waals surface area contributed by atoms with E-state index in [-0.39, 0.29) is 11.2 Å². The van der Waals surface area contributed by atoms with Gasteiger partial charge in [-0.05, 0) is 24.6 Å². The first-order chi connectivity index (χ1) is 16.2. The smallest absolute Gasteiger partial charge is 0.235 e. The van der Waals surface area contributed by atoms with Crippen molar-refractivity contribution in [3.05, 3.63) is 60.4 Å². The average Bonchev–Trinajstić information content (AvgIpc) is 3.26. The second kappa shape index (κ2) is 11.4. The number of ether oxygens (including phenoxy) is 1. The van der Waals surface area contributed by atoms with Gasteiger partial charge in [-0.2, -0.15) is 0 Å². The van der Waals surface area contributed by atoms with E-state index in [0.717, 1.165) is 49.3 Å². The van der Waals surface area contributed by atoms with Crippen LogP contribution in [0.3, 0.4) is 0 Å². The fraction of sp³-hybridized carbons (Fsp3) is 0.417. The van der Waals surface area contributed by atoms with Crippen LogP contribution in [0.4, 0.5) is 0 Å². The summed E-state index contributed by atoms with van der Waals surface area (Å²) in [5.74, 6) is 0.900. The highest BCUT2D eigenvalue weighted by Crippen LogP contribution is 2.27. The molecule has 1 aliphatic rings. The molecule has 0 N–H and O–H groups in total. The van der Waals surface area contributed by atoms with E-state index in [1.54, 1.807) is 19.5 Å². The summed E-state index contributed by atoms with van der Waals surface area (Å²) in [6.07, 6.45) is 3.47. The van der Waals surface area contributed by atoms with Gasteiger partial charge in [0.25, 0.3) is 0 Å². The lowest BCUT2D eigenvalue weighted by molar-refractivity contribution is -0.132. The topological polar surface area (TPSA) is 76.4 Å². The number of aromatic nitrogens is 4. The van der Waals surface area contributed by atoms with Crippen LogP contribution >= 0.6 is 11.8 Å². The molecule has 1 unspecified atom stereocenters.